The van der Waals surface area contributed by atoms with Crippen LogP contribution in [0, 0.1) is 3.57 Å². The molecule has 0 amide bonds. The van der Waals surface area contributed by atoms with Gasteiger partial charge in [-0.3, -0.25) is 0 Å². The van der Waals surface area contributed by atoms with Gasteiger partial charge in [-0.25, -0.2) is 4.98 Å². The summed E-state index contributed by atoms with van der Waals surface area (Å²) >= 11 is 2.35. The lowest BCUT2D eigenvalue weighted by atomic mass is 9.96. The fourth-order valence-corrected chi connectivity index (χ4v) is 3.84. The van der Waals surface area contributed by atoms with E-state index in [1.54, 1.807) is 0 Å². The van der Waals surface area contributed by atoms with Gasteiger partial charge in [-0.05, 0) is 60.4 Å². The van der Waals surface area contributed by atoms with Gasteiger partial charge in [0, 0.05) is 21.6 Å². The molecule has 126 valence electrons. The lowest BCUT2D eigenvalue weighted by Gasteiger charge is -2.23. The van der Waals surface area contributed by atoms with E-state index < -0.39 is 0 Å². The van der Waals surface area contributed by atoms with Gasteiger partial charge in [0.05, 0.1) is 11.4 Å². The molecule has 4 rings (SSSR count). The summed E-state index contributed by atoms with van der Waals surface area (Å²) in [7, 11) is 0. The zero-order valence-electron chi connectivity index (χ0n) is 13.8. The zero-order valence-corrected chi connectivity index (χ0v) is 15.9. The molecule has 1 aromatic carbocycles. The molecule has 0 saturated heterocycles. The molecule has 0 atom stereocenters. The van der Waals surface area contributed by atoms with Crippen LogP contribution in [-0.2, 0) is 0 Å². The average Bonchev–Trinajstić information content (AvgIpc) is 3.43. The highest BCUT2D eigenvalue weighted by Crippen LogP contribution is 2.40. The van der Waals surface area contributed by atoms with Gasteiger partial charge in [0.1, 0.15) is 5.82 Å². The largest absolute Gasteiger partial charge is 0.351 e. The predicted octanol–water partition coefficient (Wildman–Crippen LogP) is 5.45. The molecular weight excluding hydrogens is 411 g/mol. The van der Waals surface area contributed by atoms with Crippen molar-refractivity contribution >= 4 is 40.0 Å². The summed E-state index contributed by atoms with van der Waals surface area (Å²) in [5.74, 6) is 2.31. The van der Waals surface area contributed by atoms with Crippen molar-refractivity contribution in [3.8, 4) is 0 Å². The third kappa shape index (κ3) is 3.99. The minimum atomic E-state index is 0.526. The van der Waals surface area contributed by atoms with E-state index in [1.165, 1.54) is 54.2 Å². The quantitative estimate of drug-likeness (QED) is 0.615. The fraction of sp³-hybridized carbons (Fsp3) is 0.474. The molecule has 24 heavy (non-hydrogen) atoms. The van der Waals surface area contributed by atoms with Crippen LogP contribution in [0.4, 0.5) is 17.5 Å². The second-order valence-electron chi connectivity index (χ2n) is 6.86. The Hall–Kier alpha value is -1.37. The third-order valence-electron chi connectivity index (χ3n) is 4.82. The Morgan fingerprint density at radius 3 is 2.50 bits per heavy atom. The van der Waals surface area contributed by atoms with Crippen LogP contribution in [0.1, 0.15) is 56.6 Å². The molecule has 4 nitrogen and oxygen atoms in total. The van der Waals surface area contributed by atoms with E-state index in [9.17, 15) is 0 Å². The number of benzene rings is 1. The highest BCUT2D eigenvalue weighted by molar-refractivity contribution is 14.1. The standard InChI is InChI=1S/C19H23IN4/c20-15-8-4-5-9-16(15)22-18-12-17(13-10-11-13)23-19(24-18)21-14-6-2-1-3-7-14/h4-5,8-9,12-14H,1-3,6-7,10-11H2,(H2,21,22,23,24). The average molecular weight is 434 g/mol. The summed E-state index contributed by atoms with van der Waals surface area (Å²) in [6, 6.07) is 10.9. The van der Waals surface area contributed by atoms with Crippen molar-refractivity contribution in [1.82, 2.24) is 9.97 Å². The molecule has 2 fully saturated rings. The Labute approximate surface area is 157 Å². The first-order valence-electron chi connectivity index (χ1n) is 8.95. The van der Waals surface area contributed by atoms with Crippen molar-refractivity contribution in [3.63, 3.8) is 0 Å². The topological polar surface area (TPSA) is 49.8 Å². The van der Waals surface area contributed by atoms with E-state index in [0.29, 0.717) is 12.0 Å². The number of aromatic nitrogens is 2. The van der Waals surface area contributed by atoms with Gasteiger partial charge in [-0.15, -0.1) is 0 Å². The van der Waals surface area contributed by atoms with Crippen LogP contribution in [0.2, 0.25) is 0 Å². The highest BCUT2D eigenvalue weighted by atomic mass is 127. The molecule has 0 radical (unpaired) electrons. The molecule has 0 unspecified atom stereocenters. The maximum Gasteiger partial charge on any atom is 0.225 e. The Morgan fingerprint density at radius 1 is 0.958 bits per heavy atom. The van der Waals surface area contributed by atoms with Crippen LogP contribution in [0.25, 0.3) is 0 Å². The molecule has 2 aromatic rings. The van der Waals surface area contributed by atoms with E-state index in [0.717, 1.165) is 17.5 Å². The van der Waals surface area contributed by atoms with Crippen molar-refractivity contribution in [3.05, 3.63) is 39.6 Å². The van der Waals surface area contributed by atoms with Crippen molar-refractivity contribution in [2.24, 2.45) is 0 Å². The number of para-hydroxylation sites is 1. The molecule has 1 aromatic heterocycles. The SMILES string of the molecule is Ic1ccccc1Nc1cc(C2CC2)nc(NC2CCCCC2)n1. The van der Waals surface area contributed by atoms with Crippen LogP contribution >= 0.6 is 22.6 Å². The lowest BCUT2D eigenvalue weighted by molar-refractivity contribution is 0.460. The van der Waals surface area contributed by atoms with Crippen LogP contribution in [0.15, 0.2) is 30.3 Å². The second kappa shape index (κ2) is 7.25. The summed E-state index contributed by atoms with van der Waals surface area (Å²) in [6.45, 7) is 0. The predicted molar refractivity (Wildman–Crippen MR) is 107 cm³/mol. The molecule has 0 bridgehead atoms. The number of hydrogen-bond acceptors (Lipinski definition) is 4. The summed E-state index contributed by atoms with van der Waals surface area (Å²) in [5.41, 5.74) is 2.28. The number of halogens is 1. The Morgan fingerprint density at radius 2 is 1.75 bits per heavy atom. The smallest absolute Gasteiger partial charge is 0.225 e. The molecule has 2 saturated carbocycles. The molecule has 0 aliphatic heterocycles. The fourth-order valence-electron chi connectivity index (χ4n) is 3.31. The Balaban J connectivity index is 1.57. The van der Waals surface area contributed by atoms with Gasteiger partial charge >= 0.3 is 0 Å². The van der Waals surface area contributed by atoms with Crippen LogP contribution in [0.3, 0.4) is 0 Å². The highest BCUT2D eigenvalue weighted by Gasteiger charge is 2.26. The van der Waals surface area contributed by atoms with Crippen LogP contribution in [0.5, 0.6) is 0 Å². The first-order valence-corrected chi connectivity index (χ1v) is 10.0. The Kier molecular flexibility index (Phi) is 4.87. The van der Waals surface area contributed by atoms with E-state index in [4.69, 9.17) is 9.97 Å². The minimum absolute atomic E-state index is 0.526. The van der Waals surface area contributed by atoms with Gasteiger partial charge in [0.15, 0.2) is 0 Å². The van der Waals surface area contributed by atoms with Gasteiger partial charge in [0.2, 0.25) is 5.95 Å². The zero-order chi connectivity index (χ0) is 16.4. The molecule has 2 aliphatic rings. The summed E-state index contributed by atoms with van der Waals surface area (Å²) in [5, 5.41) is 7.05. The van der Waals surface area contributed by atoms with E-state index >= 15 is 0 Å². The first-order chi connectivity index (χ1) is 11.8. The van der Waals surface area contributed by atoms with Crippen molar-refractivity contribution < 1.29 is 0 Å². The van der Waals surface area contributed by atoms with E-state index in [2.05, 4.69) is 63.6 Å². The maximum atomic E-state index is 4.79. The van der Waals surface area contributed by atoms with Crippen molar-refractivity contribution in [1.29, 1.82) is 0 Å². The molecule has 2 aliphatic carbocycles. The molecule has 1 heterocycles. The van der Waals surface area contributed by atoms with Gasteiger partial charge in [-0.2, -0.15) is 4.98 Å². The van der Waals surface area contributed by atoms with Gasteiger partial charge in [-0.1, -0.05) is 31.4 Å². The number of nitrogens with zero attached hydrogens (tertiary/aromatic N) is 2. The third-order valence-corrected chi connectivity index (χ3v) is 5.76. The molecule has 0 spiro atoms. The van der Waals surface area contributed by atoms with E-state index in [-0.39, 0.29) is 0 Å². The first kappa shape index (κ1) is 16.1. The number of rotatable bonds is 5. The monoisotopic (exact) mass is 434 g/mol. The van der Waals surface area contributed by atoms with Gasteiger partial charge in [0.25, 0.3) is 0 Å². The molecule has 5 heteroatoms. The lowest BCUT2D eigenvalue weighted by Crippen LogP contribution is -2.23. The normalized spacial score (nSPS) is 18.4. The van der Waals surface area contributed by atoms with E-state index in [1.807, 2.05) is 0 Å². The number of nitrogens with one attached hydrogen (secondary N) is 2. The summed E-state index contributed by atoms with van der Waals surface area (Å²) in [6.07, 6.45) is 8.96. The van der Waals surface area contributed by atoms with Gasteiger partial charge < -0.3 is 10.6 Å². The number of hydrogen-bond donors (Lipinski definition) is 2. The van der Waals surface area contributed by atoms with Crippen LogP contribution < -0.4 is 10.6 Å². The second-order valence-corrected chi connectivity index (χ2v) is 8.02. The minimum Gasteiger partial charge on any atom is -0.351 e. The molecule has 2 N–H and O–H groups in total. The number of anilines is 3. The van der Waals surface area contributed by atoms with Crippen LogP contribution in [-0.4, -0.2) is 16.0 Å². The van der Waals surface area contributed by atoms with Crippen molar-refractivity contribution in [2.45, 2.75) is 56.9 Å². The molecular formula is C19H23IN4. The maximum absolute atomic E-state index is 4.79. The Bertz CT molecular complexity index is 708. The summed E-state index contributed by atoms with van der Waals surface area (Å²) in [4.78, 5) is 9.53. The summed E-state index contributed by atoms with van der Waals surface area (Å²) < 4.78 is 1.20. The van der Waals surface area contributed by atoms with Crippen molar-refractivity contribution in [2.75, 3.05) is 10.6 Å².